The Bertz CT molecular complexity index is 1530. The van der Waals surface area contributed by atoms with E-state index in [2.05, 4.69) is 0 Å². The number of halogens is 6. The molecule has 39 heavy (non-hydrogen) atoms. The van der Waals surface area contributed by atoms with Gasteiger partial charge in [-0.3, -0.25) is 9.10 Å². The summed E-state index contributed by atoms with van der Waals surface area (Å²) in [4.78, 5) is 10.9. The van der Waals surface area contributed by atoms with E-state index in [0.717, 1.165) is 28.6 Å². The minimum absolute atomic E-state index is 0.0150. The number of alkyl halides is 3. The first-order valence-corrected chi connectivity index (χ1v) is 13.4. The number of nitrogens with zero attached hydrogens (tertiary/aromatic N) is 1. The molecule has 3 aromatic rings. The van der Waals surface area contributed by atoms with Crippen LogP contribution in [0.2, 0.25) is 5.02 Å². The third-order valence-corrected chi connectivity index (χ3v) is 8.49. The number of carboxylic acids is 1. The van der Waals surface area contributed by atoms with E-state index < -0.39 is 67.9 Å². The van der Waals surface area contributed by atoms with Gasteiger partial charge in [-0.25, -0.2) is 17.2 Å². The molecule has 2 atom stereocenters. The summed E-state index contributed by atoms with van der Waals surface area (Å²) >= 11 is 6.02. The van der Waals surface area contributed by atoms with Crippen molar-refractivity contribution in [1.82, 2.24) is 0 Å². The Morgan fingerprint density at radius 1 is 1.15 bits per heavy atom. The van der Waals surface area contributed by atoms with Gasteiger partial charge in [-0.2, -0.15) is 13.2 Å². The van der Waals surface area contributed by atoms with Crippen molar-refractivity contribution in [2.45, 2.75) is 36.9 Å². The topological polar surface area (TPSA) is 83.9 Å². The molecule has 0 aliphatic carbocycles. The fourth-order valence-corrected chi connectivity index (χ4v) is 6.08. The van der Waals surface area contributed by atoms with Crippen molar-refractivity contribution >= 4 is 33.3 Å². The van der Waals surface area contributed by atoms with E-state index in [4.69, 9.17) is 16.3 Å². The van der Waals surface area contributed by atoms with E-state index in [0.29, 0.717) is 12.1 Å². The Hall–Kier alpha value is -3.38. The quantitative estimate of drug-likeness (QED) is 0.243. The van der Waals surface area contributed by atoms with Crippen LogP contribution in [0, 0.1) is 17.6 Å². The minimum Gasteiger partial charge on any atom is -0.486 e. The molecule has 0 spiro atoms. The molecule has 0 bridgehead atoms. The van der Waals surface area contributed by atoms with Gasteiger partial charge in [-0.1, -0.05) is 30.7 Å². The second-order valence-electron chi connectivity index (χ2n) is 8.91. The van der Waals surface area contributed by atoms with Gasteiger partial charge in [0.15, 0.2) is 0 Å². The SMILES string of the molecule is CC[C@@H](C[C@H]1CN(S(=O)(=O)c2cccc(C(F)(F)F)c2)c2cc(-c3cc(F)cc(F)c3Cl)ccc2O1)C(=O)O. The Kier molecular flexibility index (Phi) is 7.82. The van der Waals surface area contributed by atoms with E-state index in [-0.39, 0.29) is 35.4 Å². The third kappa shape index (κ3) is 5.81. The maximum Gasteiger partial charge on any atom is 0.416 e. The number of rotatable bonds is 7. The largest absolute Gasteiger partial charge is 0.486 e. The number of carboxylic acid groups (broad SMARTS) is 1. The highest BCUT2D eigenvalue weighted by Crippen LogP contribution is 2.43. The zero-order chi connectivity index (χ0) is 28.7. The smallest absolute Gasteiger partial charge is 0.416 e. The Morgan fingerprint density at radius 3 is 2.51 bits per heavy atom. The predicted octanol–water partition coefficient (Wildman–Crippen LogP) is 6.76. The molecule has 0 saturated carbocycles. The molecule has 4 rings (SSSR count). The molecular formula is C26H21ClF5NO5S. The molecule has 6 nitrogen and oxygen atoms in total. The van der Waals surface area contributed by atoms with Crippen LogP contribution in [0.15, 0.2) is 59.5 Å². The van der Waals surface area contributed by atoms with Crippen LogP contribution >= 0.6 is 11.6 Å². The first-order valence-electron chi connectivity index (χ1n) is 11.6. The molecule has 0 unspecified atom stereocenters. The summed E-state index contributed by atoms with van der Waals surface area (Å²) in [6.07, 6.45) is -5.62. The standard InChI is InChI=1S/C26H21ClF5NO5S/c1-2-14(25(34)35)8-18-13-33(39(36,37)19-5-3-4-16(10-19)26(30,31)32)22-9-15(6-7-23(22)38-18)20-11-17(28)12-21(29)24(20)27/h3-7,9-12,14,18H,2,8,13H2,1H3,(H,34,35)/t14-,18-/m0/s1. The van der Waals surface area contributed by atoms with E-state index in [1.54, 1.807) is 6.92 Å². The van der Waals surface area contributed by atoms with Crippen LogP contribution in [0.1, 0.15) is 25.3 Å². The summed E-state index contributed by atoms with van der Waals surface area (Å²) < 4.78 is 102. The maximum absolute atomic E-state index is 14.1. The summed E-state index contributed by atoms with van der Waals surface area (Å²) in [6, 6.07) is 8.66. The fraction of sp³-hybridized carbons (Fsp3) is 0.269. The highest BCUT2D eigenvalue weighted by atomic mass is 35.5. The lowest BCUT2D eigenvalue weighted by atomic mass is 9.97. The van der Waals surface area contributed by atoms with Crippen LogP contribution in [0.3, 0.4) is 0 Å². The normalized spacial score (nSPS) is 16.4. The molecular weight excluding hydrogens is 569 g/mol. The zero-order valence-corrected chi connectivity index (χ0v) is 21.7. The van der Waals surface area contributed by atoms with Gasteiger partial charge in [0.05, 0.1) is 33.6 Å². The molecule has 1 heterocycles. The van der Waals surface area contributed by atoms with Crippen LogP contribution in [0.25, 0.3) is 11.1 Å². The molecule has 0 fully saturated rings. The minimum atomic E-state index is -4.81. The van der Waals surface area contributed by atoms with Gasteiger partial charge in [-0.05, 0) is 54.8 Å². The highest BCUT2D eigenvalue weighted by Gasteiger charge is 2.38. The van der Waals surface area contributed by atoms with Gasteiger partial charge in [0.1, 0.15) is 23.5 Å². The number of aliphatic carboxylic acids is 1. The van der Waals surface area contributed by atoms with Crippen molar-refractivity contribution in [2.24, 2.45) is 5.92 Å². The van der Waals surface area contributed by atoms with E-state index >= 15 is 0 Å². The predicted molar refractivity (Wildman–Crippen MR) is 133 cm³/mol. The molecule has 0 aromatic heterocycles. The number of carbonyl (C=O) groups is 1. The van der Waals surface area contributed by atoms with Crippen LogP contribution in [-0.2, 0) is 21.0 Å². The van der Waals surface area contributed by atoms with E-state index in [9.17, 15) is 40.3 Å². The Labute approximate surface area is 225 Å². The number of hydrogen-bond donors (Lipinski definition) is 1. The van der Waals surface area contributed by atoms with Crippen molar-refractivity contribution in [3.05, 3.63) is 76.8 Å². The van der Waals surface area contributed by atoms with Gasteiger partial charge >= 0.3 is 12.1 Å². The summed E-state index contributed by atoms with van der Waals surface area (Å²) in [5.41, 5.74) is -1.28. The number of anilines is 1. The number of fused-ring (bicyclic) bond motifs is 1. The Morgan fingerprint density at radius 2 is 1.87 bits per heavy atom. The number of sulfonamides is 1. The van der Waals surface area contributed by atoms with E-state index in [1.165, 1.54) is 18.2 Å². The monoisotopic (exact) mass is 589 g/mol. The molecule has 1 aliphatic rings. The number of benzene rings is 3. The van der Waals surface area contributed by atoms with Crippen LogP contribution in [0.5, 0.6) is 5.75 Å². The second kappa shape index (κ2) is 10.6. The van der Waals surface area contributed by atoms with Crippen LogP contribution in [-0.4, -0.2) is 32.1 Å². The van der Waals surface area contributed by atoms with Gasteiger partial charge in [0, 0.05) is 11.6 Å². The molecule has 1 aliphatic heterocycles. The molecule has 1 N–H and O–H groups in total. The van der Waals surface area contributed by atoms with Crippen LogP contribution < -0.4 is 9.04 Å². The van der Waals surface area contributed by atoms with Crippen molar-refractivity contribution in [1.29, 1.82) is 0 Å². The van der Waals surface area contributed by atoms with Crippen LogP contribution in [0.4, 0.5) is 27.6 Å². The maximum atomic E-state index is 14.1. The molecule has 13 heteroatoms. The highest BCUT2D eigenvalue weighted by molar-refractivity contribution is 7.92. The summed E-state index contributed by atoms with van der Waals surface area (Å²) in [6.45, 7) is 1.21. The number of hydrogen-bond acceptors (Lipinski definition) is 4. The average Bonchev–Trinajstić information content (AvgIpc) is 2.88. The lowest BCUT2D eigenvalue weighted by Crippen LogP contribution is -2.44. The third-order valence-electron chi connectivity index (χ3n) is 6.33. The lowest BCUT2D eigenvalue weighted by molar-refractivity contribution is -0.142. The fourth-order valence-electron chi connectivity index (χ4n) is 4.32. The molecule has 0 amide bonds. The first kappa shape index (κ1) is 28.6. The summed E-state index contributed by atoms with van der Waals surface area (Å²) in [7, 11) is -4.65. The zero-order valence-electron chi connectivity index (χ0n) is 20.2. The van der Waals surface area contributed by atoms with Gasteiger partial charge in [0.25, 0.3) is 10.0 Å². The second-order valence-corrected chi connectivity index (χ2v) is 11.2. The molecule has 0 saturated heterocycles. The summed E-state index contributed by atoms with van der Waals surface area (Å²) in [5.74, 6) is -3.99. The molecule has 0 radical (unpaired) electrons. The van der Waals surface area contributed by atoms with Crippen molar-refractivity contribution in [3.8, 4) is 16.9 Å². The van der Waals surface area contributed by atoms with Crippen molar-refractivity contribution in [2.75, 3.05) is 10.8 Å². The summed E-state index contributed by atoms with van der Waals surface area (Å²) in [5, 5.41) is 9.05. The van der Waals surface area contributed by atoms with Crippen molar-refractivity contribution in [3.63, 3.8) is 0 Å². The van der Waals surface area contributed by atoms with Gasteiger partial charge in [0.2, 0.25) is 0 Å². The Balaban J connectivity index is 1.86. The molecule has 208 valence electrons. The first-order chi connectivity index (χ1) is 18.2. The van der Waals surface area contributed by atoms with Gasteiger partial charge in [-0.15, -0.1) is 0 Å². The number of ether oxygens (including phenoxy) is 1. The molecule has 3 aromatic carbocycles. The van der Waals surface area contributed by atoms with Crippen molar-refractivity contribution < 1.29 is 45.0 Å². The average molecular weight is 590 g/mol. The van der Waals surface area contributed by atoms with Gasteiger partial charge < -0.3 is 9.84 Å². The lowest BCUT2D eigenvalue weighted by Gasteiger charge is -2.36. The van der Waals surface area contributed by atoms with E-state index in [1.807, 2.05) is 0 Å².